The minimum Gasteiger partial charge on any atom is -0.493 e. The van der Waals surface area contributed by atoms with Crippen molar-refractivity contribution in [1.82, 2.24) is 9.88 Å². The van der Waals surface area contributed by atoms with Gasteiger partial charge >= 0.3 is 0 Å². The van der Waals surface area contributed by atoms with Gasteiger partial charge in [0.05, 0.1) is 21.3 Å². The van der Waals surface area contributed by atoms with Crippen molar-refractivity contribution < 1.29 is 19.0 Å². The average molecular weight is 484 g/mol. The van der Waals surface area contributed by atoms with E-state index in [0.717, 1.165) is 22.5 Å². The van der Waals surface area contributed by atoms with Gasteiger partial charge in [-0.1, -0.05) is 23.7 Å². The van der Waals surface area contributed by atoms with Crippen LogP contribution in [0, 0.1) is 6.92 Å². The Morgan fingerprint density at radius 1 is 0.941 bits per heavy atom. The Bertz CT molecular complexity index is 1140. The summed E-state index contributed by atoms with van der Waals surface area (Å²) in [6, 6.07) is 15.0. The number of anilines is 1. The molecule has 0 unspecified atom stereocenters. The molecule has 3 rings (SSSR count). The molecule has 1 heterocycles. The monoisotopic (exact) mass is 483 g/mol. The molecule has 1 aromatic heterocycles. The molecule has 7 nitrogen and oxygen atoms in total. The lowest BCUT2D eigenvalue weighted by Gasteiger charge is -2.25. The quantitative estimate of drug-likeness (QED) is 0.400. The van der Waals surface area contributed by atoms with Crippen LogP contribution in [0.25, 0.3) is 0 Å². The highest BCUT2D eigenvalue weighted by Crippen LogP contribution is 2.38. The van der Waals surface area contributed by atoms with Crippen molar-refractivity contribution in [2.45, 2.75) is 20.0 Å². The molecule has 34 heavy (non-hydrogen) atoms. The Labute approximate surface area is 205 Å². The van der Waals surface area contributed by atoms with Gasteiger partial charge in [-0.2, -0.15) is 0 Å². The number of nitrogens with zero attached hydrogens (tertiary/aromatic N) is 3. The molecule has 0 spiro atoms. The number of hydrogen-bond acceptors (Lipinski definition) is 6. The summed E-state index contributed by atoms with van der Waals surface area (Å²) in [7, 11) is 8.56. The Morgan fingerprint density at radius 3 is 2.18 bits per heavy atom. The van der Waals surface area contributed by atoms with Crippen LogP contribution in [0.15, 0.2) is 48.5 Å². The van der Waals surface area contributed by atoms with Crippen molar-refractivity contribution >= 4 is 23.2 Å². The van der Waals surface area contributed by atoms with E-state index in [2.05, 4.69) is 4.98 Å². The van der Waals surface area contributed by atoms with E-state index in [4.69, 9.17) is 25.8 Å². The summed E-state index contributed by atoms with van der Waals surface area (Å²) in [6.07, 6.45) is 0. The molecule has 0 atom stereocenters. The van der Waals surface area contributed by atoms with Gasteiger partial charge in [-0.3, -0.25) is 4.79 Å². The lowest BCUT2D eigenvalue weighted by Crippen LogP contribution is -2.30. The molecule has 8 heteroatoms. The van der Waals surface area contributed by atoms with Gasteiger partial charge in [0.2, 0.25) is 5.75 Å². The van der Waals surface area contributed by atoms with Crippen molar-refractivity contribution in [2.24, 2.45) is 0 Å². The Morgan fingerprint density at radius 2 is 1.62 bits per heavy atom. The summed E-state index contributed by atoms with van der Waals surface area (Å²) >= 11 is 6.42. The van der Waals surface area contributed by atoms with E-state index in [0.29, 0.717) is 34.5 Å². The summed E-state index contributed by atoms with van der Waals surface area (Å²) in [6.45, 7) is 2.46. The molecular formula is C26H30ClN3O4. The first-order chi connectivity index (χ1) is 16.3. The number of carbonyl (C=O) groups is 1. The standard InChI is InChI=1S/C26H30ClN3O4/c1-17-10-11-20(25(27)28-17)16-30(26(31)19-8-7-9-21(14-19)29(2)3)15-18-12-22(32-4)24(34-6)23(13-18)33-5/h7-14H,15-16H2,1-6H3. The fourth-order valence-electron chi connectivity index (χ4n) is 3.62. The number of methoxy groups -OCH3 is 3. The topological polar surface area (TPSA) is 64.1 Å². The first-order valence-corrected chi connectivity index (χ1v) is 11.1. The van der Waals surface area contributed by atoms with Crippen molar-refractivity contribution in [3.63, 3.8) is 0 Å². The second kappa shape index (κ2) is 11.1. The van der Waals surface area contributed by atoms with Crippen LogP contribution in [0.1, 0.15) is 27.2 Å². The van der Waals surface area contributed by atoms with Crippen molar-refractivity contribution in [3.8, 4) is 17.2 Å². The largest absolute Gasteiger partial charge is 0.493 e. The zero-order valence-electron chi connectivity index (χ0n) is 20.4. The molecular weight excluding hydrogens is 454 g/mol. The highest BCUT2D eigenvalue weighted by Gasteiger charge is 2.21. The van der Waals surface area contributed by atoms with Crippen LogP contribution in [0.4, 0.5) is 5.69 Å². The van der Waals surface area contributed by atoms with Crippen LogP contribution in [-0.4, -0.2) is 51.2 Å². The third-order valence-corrected chi connectivity index (χ3v) is 5.75. The molecule has 0 aliphatic heterocycles. The van der Waals surface area contributed by atoms with E-state index >= 15 is 0 Å². The van der Waals surface area contributed by atoms with E-state index in [-0.39, 0.29) is 12.5 Å². The smallest absolute Gasteiger partial charge is 0.254 e. The van der Waals surface area contributed by atoms with E-state index < -0.39 is 0 Å². The fourth-order valence-corrected chi connectivity index (χ4v) is 3.88. The van der Waals surface area contributed by atoms with Gasteiger partial charge in [0.1, 0.15) is 5.15 Å². The lowest BCUT2D eigenvalue weighted by atomic mass is 10.1. The number of pyridine rings is 1. The van der Waals surface area contributed by atoms with Gasteiger partial charge in [-0.15, -0.1) is 0 Å². The maximum atomic E-state index is 13.7. The fraction of sp³-hybridized carbons (Fsp3) is 0.308. The van der Waals surface area contributed by atoms with Gasteiger partial charge < -0.3 is 24.0 Å². The molecule has 0 aliphatic rings. The maximum Gasteiger partial charge on any atom is 0.254 e. The van der Waals surface area contributed by atoms with Crippen molar-refractivity contribution in [3.05, 3.63) is 76.1 Å². The summed E-state index contributed by atoms with van der Waals surface area (Å²) in [5.41, 5.74) is 3.91. The van der Waals surface area contributed by atoms with E-state index in [9.17, 15) is 4.79 Å². The molecule has 0 fully saturated rings. The van der Waals surface area contributed by atoms with Gasteiger partial charge in [-0.05, 0) is 48.9 Å². The molecule has 2 aromatic carbocycles. The zero-order valence-corrected chi connectivity index (χ0v) is 21.1. The second-order valence-electron chi connectivity index (χ2n) is 8.04. The number of halogens is 1. The van der Waals surface area contributed by atoms with Crippen LogP contribution in [-0.2, 0) is 13.1 Å². The minimum atomic E-state index is -0.130. The summed E-state index contributed by atoms with van der Waals surface area (Å²) < 4.78 is 16.4. The average Bonchev–Trinajstić information content (AvgIpc) is 2.83. The van der Waals surface area contributed by atoms with E-state index in [1.165, 1.54) is 0 Å². The molecule has 0 radical (unpaired) electrons. The van der Waals surface area contributed by atoms with Crippen LogP contribution >= 0.6 is 11.6 Å². The Balaban J connectivity index is 2.03. The first kappa shape index (κ1) is 25.2. The number of ether oxygens (including phenoxy) is 3. The number of aryl methyl sites for hydroxylation is 1. The van der Waals surface area contributed by atoms with Gasteiger partial charge in [0, 0.05) is 49.7 Å². The second-order valence-corrected chi connectivity index (χ2v) is 8.40. The third-order valence-electron chi connectivity index (χ3n) is 5.42. The minimum absolute atomic E-state index is 0.130. The van der Waals surface area contributed by atoms with Crippen LogP contribution in [0.3, 0.4) is 0 Å². The van der Waals surface area contributed by atoms with E-state index in [1.807, 2.05) is 74.4 Å². The number of hydrogen-bond donors (Lipinski definition) is 0. The van der Waals surface area contributed by atoms with Crippen molar-refractivity contribution in [2.75, 3.05) is 40.3 Å². The van der Waals surface area contributed by atoms with Gasteiger partial charge in [0.25, 0.3) is 5.91 Å². The molecule has 0 aliphatic carbocycles. The molecule has 1 amide bonds. The number of aromatic nitrogens is 1. The number of amides is 1. The van der Waals surface area contributed by atoms with Crippen LogP contribution in [0.2, 0.25) is 5.15 Å². The maximum absolute atomic E-state index is 13.7. The molecule has 180 valence electrons. The predicted octanol–water partition coefficient (Wildman–Crippen LogP) is 4.98. The van der Waals surface area contributed by atoms with E-state index in [1.54, 1.807) is 26.2 Å². The molecule has 0 saturated heterocycles. The first-order valence-electron chi connectivity index (χ1n) is 10.7. The molecule has 0 N–H and O–H groups in total. The zero-order chi connectivity index (χ0) is 24.8. The SMILES string of the molecule is COc1cc(CN(Cc2ccc(C)nc2Cl)C(=O)c2cccc(N(C)C)c2)cc(OC)c1OC. The predicted molar refractivity (Wildman–Crippen MR) is 134 cm³/mol. The molecule has 0 bridgehead atoms. The summed E-state index contributed by atoms with van der Waals surface area (Å²) in [4.78, 5) is 21.7. The number of rotatable bonds is 9. The normalized spacial score (nSPS) is 10.6. The van der Waals surface area contributed by atoms with Crippen LogP contribution in [0.5, 0.6) is 17.2 Å². The number of carbonyl (C=O) groups excluding carboxylic acids is 1. The molecule has 3 aromatic rings. The van der Waals surface area contributed by atoms with Gasteiger partial charge in [0.15, 0.2) is 11.5 Å². The Kier molecular flexibility index (Phi) is 8.23. The summed E-state index contributed by atoms with van der Waals surface area (Å²) in [5, 5.41) is 0.379. The highest BCUT2D eigenvalue weighted by molar-refractivity contribution is 6.30. The van der Waals surface area contributed by atoms with Crippen molar-refractivity contribution in [1.29, 1.82) is 0 Å². The third kappa shape index (κ3) is 5.72. The van der Waals surface area contributed by atoms with Gasteiger partial charge in [-0.25, -0.2) is 4.98 Å². The lowest BCUT2D eigenvalue weighted by molar-refractivity contribution is 0.0729. The van der Waals surface area contributed by atoms with Crippen LogP contribution < -0.4 is 19.1 Å². The summed E-state index contributed by atoms with van der Waals surface area (Å²) in [5.74, 6) is 1.41. The molecule has 0 saturated carbocycles. The Hall–Kier alpha value is -3.45. The number of benzene rings is 2. The highest BCUT2D eigenvalue weighted by atomic mass is 35.5.